The lowest BCUT2D eigenvalue weighted by molar-refractivity contribution is -0.127. The molecule has 1 fully saturated rings. The largest absolute Gasteiger partial charge is 0.355 e. The Hall–Kier alpha value is -2.66. The Labute approximate surface area is 167 Å². The second kappa shape index (κ2) is 10.6. The average molecular weight is 380 g/mol. The van der Waals surface area contributed by atoms with Gasteiger partial charge in [0.05, 0.1) is 6.54 Å². The topological polar surface area (TPSA) is 61.4 Å². The number of carbonyl (C=O) groups excluding carboxylic acids is 2. The minimum Gasteiger partial charge on any atom is -0.355 e. The zero-order chi connectivity index (χ0) is 19.6. The Morgan fingerprint density at radius 2 is 1.75 bits per heavy atom. The number of hydrogen-bond acceptors (Lipinski definition) is 3. The molecule has 0 radical (unpaired) electrons. The first-order valence-corrected chi connectivity index (χ1v) is 10.1. The van der Waals surface area contributed by atoms with Crippen molar-refractivity contribution < 1.29 is 9.59 Å². The summed E-state index contributed by atoms with van der Waals surface area (Å²) in [6.45, 7) is 2.45. The molecule has 5 heteroatoms. The number of hydrogen-bond donors (Lipinski definition) is 2. The van der Waals surface area contributed by atoms with Crippen molar-refractivity contribution in [3.8, 4) is 0 Å². The molecule has 2 N–H and O–H groups in total. The number of amides is 2. The molecule has 28 heavy (non-hydrogen) atoms. The van der Waals surface area contributed by atoms with Crippen molar-refractivity contribution in [2.75, 3.05) is 26.2 Å². The van der Waals surface area contributed by atoms with Crippen LogP contribution in [-0.4, -0.2) is 42.9 Å². The van der Waals surface area contributed by atoms with Crippen molar-refractivity contribution in [3.05, 3.63) is 71.8 Å². The van der Waals surface area contributed by atoms with E-state index in [1.807, 2.05) is 41.3 Å². The molecular formula is C23H29N3O2. The van der Waals surface area contributed by atoms with E-state index in [2.05, 4.69) is 34.9 Å². The summed E-state index contributed by atoms with van der Waals surface area (Å²) in [6, 6.07) is 20.6. The monoisotopic (exact) mass is 379 g/mol. The van der Waals surface area contributed by atoms with Crippen LogP contribution in [0.25, 0.3) is 0 Å². The Balaban J connectivity index is 1.44. The van der Waals surface area contributed by atoms with Gasteiger partial charge in [-0.05, 0) is 30.4 Å². The van der Waals surface area contributed by atoms with Crippen LogP contribution in [0.1, 0.15) is 36.4 Å². The lowest BCUT2D eigenvalue weighted by atomic mass is 9.99. The summed E-state index contributed by atoms with van der Waals surface area (Å²) in [5.74, 6) is 0.223. The van der Waals surface area contributed by atoms with Gasteiger partial charge in [0.2, 0.25) is 11.8 Å². The molecule has 0 bridgehead atoms. The number of nitrogens with zero attached hydrogens (tertiary/aromatic N) is 1. The maximum atomic E-state index is 12.2. The van der Waals surface area contributed by atoms with Crippen LogP contribution in [0.2, 0.25) is 0 Å². The van der Waals surface area contributed by atoms with E-state index >= 15 is 0 Å². The predicted octanol–water partition coefficient (Wildman–Crippen LogP) is 2.69. The zero-order valence-corrected chi connectivity index (χ0v) is 16.3. The first-order valence-electron chi connectivity index (χ1n) is 10.1. The van der Waals surface area contributed by atoms with E-state index in [9.17, 15) is 9.59 Å². The summed E-state index contributed by atoms with van der Waals surface area (Å²) in [7, 11) is 0. The lowest BCUT2D eigenvalue weighted by Gasteiger charge is -2.20. The van der Waals surface area contributed by atoms with E-state index in [0.29, 0.717) is 13.0 Å². The van der Waals surface area contributed by atoms with Crippen molar-refractivity contribution >= 4 is 11.8 Å². The molecule has 1 aliphatic rings. The SMILES string of the molecule is O=C(CNC(Cc1ccccc1)c1ccccc1)NCCCN1CCCC1=O. The first-order chi connectivity index (χ1) is 13.7. The highest BCUT2D eigenvalue weighted by Gasteiger charge is 2.19. The highest BCUT2D eigenvalue weighted by molar-refractivity contribution is 5.78. The molecule has 148 valence electrons. The van der Waals surface area contributed by atoms with Gasteiger partial charge in [0.25, 0.3) is 0 Å². The maximum Gasteiger partial charge on any atom is 0.233 e. The van der Waals surface area contributed by atoms with Crippen LogP contribution in [0, 0.1) is 0 Å². The van der Waals surface area contributed by atoms with Crippen molar-refractivity contribution in [3.63, 3.8) is 0 Å². The van der Waals surface area contributed by atoms with E-state index in [-0.39, 0.29) is 24.4 Å². The molecule has 1 aliphatic heterocycles. The van der Waals surface area contributed by atoms with Gasteiger partial charge in [0.15, 0.2) is 0 Å². The molecule has 0 saturated carbocycles. The molecule has 0 aliphatic carbocycles. The van der Waals surface area contributed by atoms with E-state index < -0.39 is 0 Å². The Bertz CT molecular complexity index is 749. The first kappa shape index (κ1) is 20.1. The fourth-order valence-electron chi connectivity index (χ4n) is 3.56. The number of carbonyl (C=O) groups is 2. The minimum atomic E-state index is -0.0123. The van der Waals surface area contributed by atoms with Crippen LogP contribution in [0.5, 0.6) is 0 Å². The molecule has 0 spiro atoms. The quantitative estimate of drug-likeness (QED) is 0.624. The molecule has 2 aromatic rings. The van der Waals surface area contributed by atoms with Gasteiger partial charge < -0.3 is 15.5 Å². The number of likely N-dealkylation sites (tertiary alicyclic amines) is 1. The summed E-state index contributed by atoms with van der Waals surface area (Å²) >= 11 is 0. The van der Waals surface area contributed by atoms with Crippen molar-refractivity contribution in [1.29, 1.82) is 0 Å². The van der Waals surface area contributed by atoms with Gasteiger partial charge >= 0.3 is 0 Å². The molecular weight excluding hydrogens is 350 g/mol. The van der Waals surface area contributed by atoms with Gasteiger partial charge in [-0.15, -0.1) is 0 Å². The van der Waals surface area contributed by atoms with Crippen molar-refractivity contribution in [2.24, 2.45) is 0 Å². The molecule has 2 aromatic carbocycles. The van der Waals surface area contributed by atoms with Gasteiger partial charge in [-0.25, -0.2) is 0 Å². The smallest absolute Gasteiger partial charge is 0.233 e. The van der Waals surface area contributed by atoms with Crippen LogP contribution in [0.15, 0.2) is 60.7 Å². The van der Waals surface area contributed by atoms with Crippen LogP contribution < -0.4 is 10.6 Å². The number of nitrogens with one attached hydrogen (secondary N) is 2. The van der Waals surface area contributed by atoms with Gasteiger partial charge in [0, 0.05) is 32.1 Å². The van der Waals surface area contributed by atoms with Crippen LogP contribution >= 0.6 is 0 Å². The van der Waals surface area contributed by atoms with E-state index in [4.69, 9.17) is 0 Å². The van der Waals surface area contributed by atoms with Gasteiger partial charge in [-0.1, -0.05) is 60.7 Å². The molecule has 3 rings (SSSR count). The van der Waals surface area contributed by atoms with Crippen molar-refractivity contribution in [1.82, 2.24) is 15.5 Å². The molecule has 2 amide bonds. The van der Waals surface area contributed by atoms with Gasteiger partial charge in [-0.2, -0.15) is 0 Å². The normalized spacial score (nSPS) is 14.9. The summed E-state index contributed by atoms with van der Waals surface area (Å²) < 4.78 is 0. The zero-order valence-electron chi connectivity index (χ0n) is 16.3. The fourth-order valence-corrected chi connectivity index (χ4v) is 3.56. The van der Waals surface area contributed by atoms with Crippen LogP contribution in [0.4, 0.5) is 0 Å². The molecule has 5 nitrogen and oxygen atoms in total. The Morgan fingerprint density at radius 1 is 1.04 bits per heavy atom. The third kappa shape index (κ3) is 6.20. The Kier molecular flexibility index (Phi) is 7.62. The summed E-state index contributed by atoms with van der Waals surface area (Å²) in [5.41, 5.74) is 2.41. The summed E-state index contributed by atoms with van der Waals surface area (Å²) in [6.07, 6.45) is 3.24. The van der Waals surface area contributed by atoms with Crippen LogP contribution in [0.3, 0.4) is 0 Å². The van der Waals surface area contributed by atoms with Crippen molar-refractivity contribution in [2.45, 2.75) is 31.7 Å². The van der Waals surface area contributed by atoms with E-state index in [1.165, 1.54) is 11.1 Å². The molecule has 1 saturated heterocycles. The lowest BCUT2D eigenvalue weighted by Crippen LogP contribution is -2.37. The van der Waals surface area contributed by atoms with Crippen LogP contribution in [-0.2, 0) is 16.0 Å². The fraction of sp³-hybridized carbons (Fsp3) is 0.391. The average Bonchev–Trinajstić information content (AvgIpc) is 3.14. The number of rotatable bonds is 10. The molecule has 1 unspecified atom stereocenters. The standard InChI is InChI=1S/C23H29N3O2/c27-22(24-14-8-16-26-15-7-13-23(26)28)18-25-21(20-11-5-2-6-12-20)17-19-9-3-1-4-10-19/h1-6,9-12,21,25H,7-8,13-18H2,(H,24,27). The third-order valence-electron chi connectivity index (χ3n) is 5.09. The van der Waals surface area contributed by atoms with Gasteiger partial charge in [-0.3, -0.25) is 9.59 Å². The third-order valence-corrected chi connectivity index (χ3v) is 5.09. The number of benzene rings is 2. The van der Waals surface area contributed by atoms with E-state index in [1.54, 1.807) is 0 Å². The highest BCUT2D eigenvalue weighted by Crippen LogP contribution is 2.18. The predicted molar refractivity (Wildman–Crippen MR) is 111 cm³/mol. The summed E-state index contributed by atoms with van der Waals surface area (Å²) in [5, 5.41) is 6.35. The maximum absolute atomic E-state index is 12.2. The second-order valence-corrected chi connectivity index (χ2v) is 7.22. The minimum absolute atomic E-state index is 0.0123. The molecule has 0 aromatic heterocycles. The van der Waals surface area contributed by atoms with E-state index in [0.717, 1.165) is 32.4 Å². The summed E-state index contributed by atoms with van der Waals surface area (Å²) in [4.78, 5) is 25.7. The Morgan fingerprint density at radius 3 is 2.43 bits per heavy atom. The molecule has 1 heterocycles. The highest BCUT2D eigenvalue weighted by atomic mass is 16.2. The molecule has 1 atom stereocenters. The van der Waals surface area contributed by atoms with Gasteiger partial charge in [0.1, 0.15) is 0 Å². The second-order valence-electron chi connectivity index (χ2n) is 7.22.